The van der Waals surface area contributed by atoms with Gasteiger partial charge in [0.05, 0.1) is 16.4 Å². The Morgan fingerprint density at radius 3 is 2.49 bits per heavy atom. The van der Waals surface area contributed by atoms with Gasteiger partial charge in [-0.15, -0.1) is 0 Å². The second-order valence-electron chi connectivity index (χ2n) is 9.24. The number of rotatable bonds is 5. The Kier molecular flexibility index (Phi) is 5.99. The van der Waals surface area contributed by atoms with Crippen LogP contribution < -0.4 is 15.1 Å². The minimum absolute atomic E-state index is 0.413. The van der Waals surface area contributed by atoms with E-state index < -0.39 is 0 Å². The van der Waals surface area contributed by atoms with Gasteiger partial charge in [-0.3, -0.25) is 4.98 Å². The van der Waals surface area contributed by atoms with Crippen LogP contribution in [0.5, 0.6) is 0 Å². The number of nitrogens with zero attached hydrogens (tertiary/aromatic N) is 7. The Hall–Kier alpha value is -3.24. The number of likely N-dealkylation sites (tertiary alicyclic amines) is 1. The van der Waals surface area contributed by atoms with Crippen LogP contribution in [0.3, 0.4) is 0 Å². The van der Waals surface area contributed by atoms with Crippen molar-refractivity contribution in [2.24, 2.45) is 0 Å². The largest absolute Gasteiger partial charge is 0.378 e. The molecule has 2 fully saturated rings. The molecular weight excluding hydrogens is 506 g/mol. The second-order valence-corrected chi connectivity index (χ2v) is 10.1. The maximum Gasteiger partial charge on any atom is 0.159 e. The molecule has 10 heteroatoms. The van der Waals surface area contributed by atoms with Crippen LogP contribution in [-0.2, 0) is 0 Å². The molecule has 6 rings (SSSR count). The summed E-state index contributed by atoms with van der Waals surface area (Å²) in [5, 5.41) is 3.68. The number of benzene rings is 1. The first kappa shape index (κ1) is 22.2. The van der Waals surface area contributed by atoms with Gasteiger partial charge in [-0.2, -0.15) is 0 Å². The molecule has 1 aromatic carbocycles. The van der Waals surface area contributed by atoms with E-state index in [2.05, 4.69) is 87.2 Å². The van der Waals surface area contributed by atoms with Gasteiger partial charge in [0.25, 0.3) is 0 Å². The molecule has 9 nitrogen and oxygen atoms in total. The molecule has 1 atom stereocenters. The van der Waals surface area contributed by atoms with Crippen molar-refractivity contribution >= 4 is 44.3 Å². The standard InChI is InChI=1S/C25H28BrN9/c1-33-9-6-18(16-33)30-22-20(26)14-29-25-23(22)31-24(32-25)17-2-4-19(5-3-17)34-10-12-35(13-11-34)21-15-27-7-8-28-21/h2-5,7-8,14-15,18H,6,9-13,16H2,1H3,(H2,29,30,31,32)/t18-/m0/s1. The molecule has 2 aliphatic heterocycles. The normalized spacial score (nSPS) is 19.0. The highest BCUT2D eigenvalue weighted by Crippen LogP contribution is 2.32. The summed E-state index contributed by atoms with van der Waals surface area (Å²) in [6.07, 6.45) is 8.26. The van der Waals surface area contributed by atoms with E-state index >= 15 is 0 Å². The van der Waals surface area contributed by atoms with Crippen molar-refractivity contribution in [3.8, 4) is 11.4 Å². The molecule has 0 unspecified atom stereocenters. The SMILES string of the molecule is CN1CC[C@H](Nc2c(Br)cnc3[nH]c(-c4ccc(N5CCN(c6cnccn6)CC5)cc4)nc23)C1. The number of aromatic amines is 1. The average molecular weight is 534 g/mol. The first-order chi connectivity index (χ1) is 17.1. The number of aromatic nitrogens is 5. The van der Waals surface area contributed by atoms with Gasteiger partial charge in [0.1, 0.15) is 17.2 Å². The quantitative estimate of drug-likeness (QED) is 0.402. The molecule has 2 aliphatic rings. The van der Waals surface area contributed by atoms with Crippen LogP contribution in [0.4, 0.5) is 17.2 Å². The van der Waals surface area contributed by atoms with Crippen molar-refractivity contribution < 1.29 is 0 Å². The number of halogens is 1. The zero-order valence-corrected chi connectivity index (χ0v) is 21.2. The van der Waals surface area contributed by atoms with E-state index in [0.29, 0.717) is 6.04 Å². The lowest BCUT2D eigenvalue weighted by Gasteiger charge is -2.36. The van der Waals surface area contributed by atoms with Crippen LogP contribution in [0.1, 0.15) is 6.42 Å². The summed E-state index contributed by atoms with van der Waals surface area (Å²) in [7, 11) is 2.16. The van der Waals surface area contributed by atoms with Gasteiger partial charge in [-0.25, -0.2) is 15.0 Å². The number of nitrogens with one attached hydrogen (secondary N) is 2. The van der Waals surface area contributed by atoms with Crippen molar-refractivity contribution in [2.45, 2.75) is 12.5 Å². The van der Waals surface area contributed by atoms with Crippen molar-refractivity contribution in [3.05, 3.63) is 53.5 Å². The van der Waals surface area contributed by atoms with E-state index in [1.165, 1.54) is 5.69 Å². The maximum atomic E-state index is 4.93. The predicted molar refractivity (Wildman–Crippen MR) is 143 cm³/mol. The highest BCUT2D eigenvalue weighted by atomic mass is 79.9. The monoisotopic (exact) mass is 533 g/mol. The van der Waals surface area contributed by atoms with E-state index in [1.807, 2.05) is 12.4 Å². The molecule has 35 heavy (non-hydrogen) atoms. The lowest BCUT2D eigenvalue weighted by atomic mass is 10.1. The summed E-state index contributed by atoms with van der Waals surface area (Å²) >= 11 is 3.67. The number of hydrogen-bond acceptors (Lipinski definition) is 8. The molecule has 4 aromatic rings. The van der Waals surface area contributed by atoms with Gasteiger partial charge in [0.15, 0.2) is 5.65 Å². The first-order valence-corrected chi connectivity index (χ1v) is 12.8. The fourth-order valence-corrected chi connectivity index (χ4v) is 5.34. The zero-order valence-electron chi connectivity index (χ0n) is 19.7. The molecule has 180 valence electrons. The van der Waals surface area contributed by atoms with Crippen LogP contribution >= 0.6 is 15.9 Å². The Bertz CT molecular complexity index is 1300. The topological polar surface area (TPSA) is 89.1 Å². The minimum Gasteiger partial charge on any atom is -0.378 e. The van der Waals surface area contributed by atoms with Crippen LogP contribution in [0.15, 0.2) is 53.5 Å². The van der Waals surface area contributed by atoms with E-state index in [0.717, 1.165) is 84.2 Å². The number of imidazole rings is 1. The highest BCUT2D eigenvalue weighted by Gasteiger charge is 2.23. The third-order valence-corrected chi connectivity index (χ3v) is 7.47. The van der Waals surface area contributed by atoms with E-state index in [4.69, 9.17) is 4.98 Å². The molecule has 2 saturated heterocycles. The Morgan fingerprint density at radius 2 is 1.77 bits per heavy atom. The van der Waals surface area contributed by atoms with Crippen LogP contribution in [0.2, 0.25) is 0 Å². The molecule has 5 heterocycles. The van der Waals surface area contributed by atoms with Gasteiger partial charge >= 0.3 is 0 Å². The number of pyridine rings is 1. The molecular formula is C25H28BrN9. The molecule has 0 aliphatic carbocycles. The third-order valence-electron chi connectivity index (χ3n) is 6.87. The molecule has 0 saturated carbocycles. The van der Waals surface area contributed by atoms with Crippen molar-refractivity contribution in [1.29, 1.82) is 0 Å². The van der Waals surface area contributed by atoms with Gasteiger partial charge in [-0.05, 0) is 60.2 Å². The van der Waals surface area contributed by atoms with E-state index in [9.17, 15) is 0 Å². The van der Waals surface area contributed by atoms with Gasteiger partial charge in [0.2, 0.25) is 0 Å². The Balaban J connectivity index is 1.18. The summed E-state index contributed by atoms with van der Waals surface area (Å²) < 4.78 is 0.938. The smallest absolute Gasteiger partial charge is 0.159 e. The lowest BCUT2D eigenvalue weighted by molar-refractivity contribution is 0.414. The average Bonchev–Trinajstić information content (AvgIpc) is 3.53. The first-order valence-electron chi connectivity index (χ1n) is 12.0. The van der Waals surface area contributed by atoms with Gasteiger partial charge in [-0.1, -0.05) is 0 Å². The van der Waals surface area contributed by atoms with Gasteiger partial charge in [0, 0.05) is 68.6 Å². The molecule has 3 aromatic heterocycles. The molecule has 0 bridgehead atoms. The number of H-pyrrole nitrogens is 1. The number of hydrogen-bond donors (Lipinski definition) is 2. The Labute approximate surface area is 212 Å². The number of fused-ring (bicyclic) bond motifs is 1. The van der Waals surface area contributed by atoms with E-state index in [-0.39, 0.29) is 0 Å². The fraction of sp³-hybridized carbons (Fsp3) is 0.360. The lowest BCUT2D eigenvalue weighted by Crippen LogP contribution is -2.46. The zero-order chi connectivity index (χ0) is 23.8. The Morgan fingerprint density at radius 1 is 0.971 bits per heavy atom. The van der Waals surface area contributed by atoms with Crippen LogP contribution in [0.25, 0.3) is 22.6 Å². The predicted octanol–water partition coefficient (Wildman–Crippen LogP) is 3.62. The number of piperazine rings is 1. The number of likely N-dealkylation sites (N-methyl/N-ethyl adjacent to an activating group) is 1. The molecule has 2 N–H and O–H groups in total. The highest BCUT2D eigenvalue weighted by molar-refractivity contribution is 9.10. The number of anilines is 3. The van der Waals surface area contributed by atoms with Crippen molar-refractivity contribution in [3.63, 3.8) is 0 Å². The summed E-state index contributed by atoms with van der Waals surface area (Å²) in [6.45, 7) is 5.89. The summed E-state index contributed by atoms with van der Waals surface area (Å²) in [4.78, 5) is 28.6. The summed E-state index contributed by atoms with van der Waals surface area (Å²) in [5.41, 5.74) is 4.94. The van der Waals surface area contributed by atoms with Crippen LogP contribution in [0, 0.1) is 0 Å². The molecule has 0 spiro atoms. The molecule has 0 amide bonds. The fourth-order valence-electron chi connectivity index (χ4n) is 4.94. The minimum atomic E-state index is 0.413. The van der Waals surface area contributed by atoms with Gasteiger partial charge < -0.3 is 25.0 Å². The maximum absolute atomic E-state index is 4.93. The van der Waals surface area contributed by atoms with Crippen molar-refractivity contribution in [2.75, 3.05) is 61.4 Å². The van der Waals surface area contributed by atoms with Crippen LogP contribution in [-0.4, -0.2) is 82.2 Å². The van der Waals surface area contributed by atoms with E-state index in [1.54, 1.807) is 12.4 Å². The summed E-state index contributed by atoms with van der Waals surface area (Å²) in [6, 6.07) is 9.04. The molecule has 0 radical (unpaired) electrons. The van der Waals surface area contributed by atoms with Crippen molar-refractivity contribution in [1.82, 2.24) is 29.8 Å². The summed E-state index contributed by atoms with van der Waals surface area (Å²) in [5.74, 6) is 1.78. The third kappa shape index (κ3) is 4.55. The second kappa shape index (κ2) is 9.43.